The molecule has 1 aromatic carbocycles. The van der Waals surface area contributed by atoms with E-state index in [0.29, 0.717) is 5.69 Å². The minimum Gasteiger partial charge on any atom is -0.464 e. The average Bonchev–Trinajstić information content (AvgIpc) is 2.95. The van der Waals surface area contributed by atoms with Gasteiger partial charge in [-0.2, -0.15) is 0 Å². The van der Waals surface area contributed by atoms with Crippen LogP contribution in [0, 0.1) is 0 Å². The number of hydrogen-bond acceptors (Lipinski definition) is 5. The monoisotopic (exact) mass is 270 g/mol. The SMILES string of the molecule is COC(=O)c1csc(-c2cncc3ccccc23)n1. The number of thiazole rings is 1. The molecule has 0 unspecified atom stereocenters. The zero-order valence-electron chi connectivity index (χ0n) is 10.2. The fraction of sp³-hybridized carbons (Fsp3) is 0.0714. The highest BCUT2D eigenvalue weighted by molar-refractivity contribution is 7.13. The highest BCUT2D eigenvalue weighted by Crippen LogP contribution is 2.29. The summed E-state index contributed by atoms with van der Waals surface area (Å²) in [5.41, 5.74) is 1.26. The van der Waals surface area contributed by atoms with Crippen LogP contribution >= 0.6 is 11.3 Å². The second-order valence-electron chi connectivity index (χ2n) is 3.94. The molecule has 0 fully saturated rings. The molecule has 5 heteroatoms. The first-order valence-electron chi connectivity index (χ1n) is 5.66. The lowest BCUT2D eigenvalue weighted by molar-refractivity contribution is 0.0595. The molecule has 2 aromatic heterocycles. The first-order chi connectivity index (χ1) is 9.29. The Labute approximate surface area is 113 Å². The van der Waals surface area contributed by atoms with Crippen molar-refractivity contribution in [2.24, 2.45) is 0 Å². The number of carbonyl (C=O) groups excluding carboxylic acids is 1. The van der Waals surface area contributed by atoms with E-state index in [1.54, 1.807) is 11.6 Å². The maximum atomic E-state index is 11.4. The van der Waals surface area contributed by atoms with Crippen LogP contribution in [0.3, 0.4) is 0 Å². The van der Waals surface area contributed by atoms with E-state index in [1.165, 1.54) is 18.4 Å². The number of methoxy groups -OCH3 is 1. The molecule has 0 atom stereocenters. The number of nitrogens with zero attached hydrogens (tertiary/aromatic N) is 2. The van der Waals surface area contributed by atoms with Crippen LogP contribution in [0.25, 0.3) is 21.3 Å². The van der Waals surface area contributed by atoms with Crippen LogP contribution in [0.4, 0.5) is 0 Å². The van der Waals surface area contributed by atoms with E-state index in [0.717, 1.165) is 21.3 Å². The van der Waals surface area contributed by atoms with Gasteiger partial charge in [0.05, 0.1) is 7.11 Å². The van der Waals surface area contributed by atoms with Crippen LogP contribution < -0.4 is 0 Å². The number of esters is 1. The number of aromatic nitrogens is 2. The molecular weight excluding hydrogens is 260 g/mol. The lowest BCUT2D eigenvalue weighted by Gasteiger charge is -2.02. The molecule has 0 N–H and O–H groups in total. The Morgan fingerprint density at radius 2 is 2.11 bits per heavy atom. The Morgan fingerprint density at radius 1 is 1.26 bits per heavy atom. The summed E-state index contributed by atoms with van der Waals surface area (Å²) < 4.78 is 4.66. The van der Waals surface area contributed by atoms with Gasteiger partial charge in [-0.15, -0.1) is 11.3 Å². The van der Waals surface area contributed by atoms with Crippen LogP contribution in [0.15, 0.2) is 42.0 Å². The molecule has 4 nitrogen and oxygen atoms in total. The van der Waals surface area contributed by atoms with E-state index < -0.39 is 5.97 Å². The molecule has 3 rings (SSSR count). The Bertz CT molecular complexity index is 747. The third-order valence-corrected chi connectivity index (χ3v) is 3.67. The minimum absolute atomic E-state index is 0.329. The second kappa shape index (κ2) is 4.78. The highest BCUT2D eigenvalue weighted by Gasteiger charge is 2.13. The van der Waals surface area contributed by atoms with Crippen molar-refractivity contribution in [1.29, 1.82) is 0 Å². The molecule has 94 valence electrons. The molecular formula is C14H10N2O2S. The van der Waals surface area contributed by atoms with E-state index in [2.05, 4.69) is 14.7 Å². The molecule has 0 radical (unpaired) electrons. The van der Waals surface area contributed by atoms with Gasteiger partial charge < -0.3 is 4.74 Å². The van der Waals surface area contributed by atoms with Crippen LogP contribution in [-0.4, -0.2) is 23.0 Å². The molecule has 0 saturated carbocycles. The van der Waals surface area contributed by atoms with E-state index in [-0.39, 0.29) is 0 Å². The molecule has 0 aliphatic rings. The summed E-state index contributed by atoms with van der Waals surface area (Å²) in [6.45, 7) is 0. The predicted molar refractivity (Wildman–Crippen MR) is 74.2 cm³/mol. The van der Waals surface area contributed by atoms with Crippen molar-refractivity contribution in [3.8, 4) is 10.6 Å². The Morgan fingerprint density at radius 3 is 2.95 bits per heavy atom. The third-order valence-electron chi connectivity index (χ3n) is 2.80. The zero-order chi connectivity index (χ0) is 13.2. The number of carbonyl (C=O) groups is 1. The number of fused-ring (bicyclic) bond motifs is 1. The summed E-state index contributed by atoms with van der Waals surface area (Å²) in [6, 6.07) is 7.96. The van der Waals surface area contributed by atoms with Gasteiger partial charge in [0.2, 0.25) is 0 Å². The van der Waals surface area contributed by atoms with Gasteiger partial charge in [-0.3, -0.25) is 4.98 Å². The largest absolute Gasteiger partial charge is 0.464 e. The summed E-state index contributed by atoms with van der Waals surface area (Å²) in [5, 5.41) is 4.59. The van der Waals surface area contributed by atoms with E-state index in [1.807, 2.05) is 30.5 Å². The predicted octanol–water partition coefficient (Wildman–Crippen LogP) is 3.14. The molecule has 0 aliphatic carbocycles. The van der Waals surface area contributed by atoms with Gasteiger partial charge in [0.1, 0.15) is 5.01 Å². The fourth-order valence-electron chi connectivity index (χ4n) is 1.88. The molecule has 0 spiro atoms. The van der Waals surface area contributed by atoms with Gasteiger partial charge in [-0.1, -0.05) is 24.3 Å². The van der Waals surface area contributed by atoms with Crippen molar-refractivity contribution in [2.75, 3.05) is 7.11 Å². The van der Waals surface area contributed by atoms with Crippen molar-refractivity contribution in [3.05, 3.63) is 47.7 Å². The Kier molecular flexibility index (Phi) is 2.97. The smallest absolute Gasteiger partial charge is 0.357 e. The molecule has 3 aromatic rings. The Balaban J connectivity index is 2.14. The Hall–Kier alpha value is -2.27. The maximum absolute atomic E-state index is 11.4. The normalized spacial score (nSPS) is 10.6. The van der Waals surface area contributed by atoms with Crippen LogP contribution in [0.1, 0.15) is 10.5 Å². The number of benzene rings is 1. The van der Waals surface area contributed by atoms with Crippen LogP contribution in [-0.2, 0) is 4.74 Å². The first kappa shape index (κ1) is 11.8. The van der Waals surface area contributed by atoms with E-state index in [4.69, 9.17) is 0 Å². The minimum atomic E-state index is -0.421. The van der Waals surface area contributed by atoms with E-state index in [9.17, 15) is 4.79 Å². The van der Waals surface area contributed by atoms with E-state index >= 15 is 0 Å². The first-order valence-corrected chi connectivity index (χ1v) is 6.54. The number of ether oxygens (including phenoxy) is 1. The maximum Gasteiger partial charge on any atom is 0.357 e. The summed E-state index contributed by atoms with van der Waals surface area (Å²) in [7, 11) is 1.35. The topological polar surface area (TPSA) is 52.1 Å². The van der Waals surface area contributed by atoms with Gasteiger partial charge in [-0.25, -0.2) is 9.78 Å². The lowest BCUT2D eigenvalue weighted by Crippen LogP contribution is -2.01. The summed E-state index contributed by atoms with van der Waals surface area (Å²) in [6.07, 6.45) is 3.58. The molecule has 0 bridgehead atoms. The van der Waals surface area contributed by atoms with Crippen molar-refractivity contribution in [1.82, 2.24) is 9.97 Å². The standard InChI is InChI=1S/C14H10N2O2S/c1-18-14(17)12-8-19-13(16-12)11-7-15-6-9-4-2-3-5-10(9)11/h2-8H,1H3. The van der Waals surface area contributed by atoms with Crippen LogP contribution in [0.5, 0.6) is 0 Å². The van der Waals surface area contributed by atoms with Gasteiger partial charge >= 0.3 is 5.97 Å². The van der Waals surface area contributed by atoms with Crippen molar-refractivity contribution >= 4 is 28.1 Å². The lowest BCUT2D eigenvalue weighted by atomic mass is 10.1. The quantitative estimate of drug-likeness (QED) is 0.671. The summed E-state index contributed by atoms with van der Waals surface area (Å²) in [5.74, 6) is -0.421. The summed E-state index contributed by atoms with van der Waals surface area (Å²) >= 11 is 1.41. The molecule has 0 amide bonds. The van der Waals surface area contributed by atoms with Gasteiger partial charge in [0.15, 0.2) is 5.69 Å². The highest BCUT2D eigenvalue weighted by atomic mass is 32.1. The van der Waals surface area contributed by atoms with Gasteiger partial charge in [0.25, 0.3) is 0 Å². The van der Waals surface area contributed by atoms with Gasteiger partial charge in [-0.05, 0) is 5.39 Å². The van der Waals surface area contributed by atoms with Crippen LogP contribution in [0.2, 0.25) is 0 Å². The molecule has 19 heavy (non-hydrogen) atoms. The van der Waals surface area contributed by atoms with Crippen molar-refractivity contribution in [2.45, 2.75) is 0 Å². The van der Waals surface area contributed by atoms with Crippen molar-refractivity contribution in [3.63, 3.8) is 0 Å². The number of hydrogen-bond donors (Lipinski definition) is 0. The zero-order valence-corrected chi connectivity index (χ0v) is 11.0. The summed E-state index contributed by atoms with van der Waals surface area (Å²) in [4.78, 5) is 19.9. The molecule has 2 heterocycles. The fourth-order valence-corrected chi connectivity index (χ4v) is 2.70. The van der Waals surface area contributed by atoms with Crippen molar-refractivity contribution < 1.29 is 9.53 Å². The molecule has 0 saturated heterocycles. The molecule has 0 aliphatic heterocycles. The second-order valence-corrected chi connectivity index (χ2v) is 4.80. The number of rotatable bonds is 2. The third kappa shape index (κ3) is 2.08. The average molecular weight is 270 g/mol. The number of pyridine rings is 1. The van der Waals surface area contributed by atoms with Gasteiger partial charge in [0, 0.05) is 28.7 Å².